The summed E-state index contributed by atoms with van der Waals surface area (Å²) in [5, 5.41) is 11.8. The maximum absolute atomic E-state index is 12.7. The van der Waals surface area contributed by atoms with Gasteiger partial charge >= 0.3 is 5.97 Å². The molecule has 0 aromatic heterocycles. The van der Waals surface area contributed by atoms with Crippen LogP contribution in [0, 0.1) is 17.8 Å². The van der Waals surface area contributed by atoms with Gasteiger partial charge in [0, 0.05) is 5.92 Å². The fourth-order valence-electron chi connectivity index (χ4n) is 4.52. The number of carbonyl (C=O) groups excluding carboxylic acids is 1. The number of fused-ring (bicyclic) bond motifs is 1. The average Bonchev–Trinajstić information content (AvgIpc) is 2.66. The number of carboxylic acid groups (broad SMARTS) is 1. The molecule has 26 heavy (non-hydrogen) atoms. The molecule has 5 nitrogen and oxygen atoms in total. The quantitative estimate of drug-likeness (QED) is 0.807. The molecule has 2 saturated carbocycles. The van der Waals surface area contributed by atoms with Gasteiger partial charge < -0.3 is 15.2 Å². The highest BCUT2D eigenvalue weighted by atomic mass is 16.5. The van der Waals surface area contributed by atoms with E-state index in [1.165, 1.54) is 32.1 Å². The number of amides is 1. The van der Waals surface area contributed by atoms with Gasteiger partial charge in [-0.15, -0.1) is 0 Å². The number of carboxylic acids is 1. The van der Waals surface area contributed by atoms with Crippen LogP contribution in [0.1, 0.15) is 63.5 Å². The number of aliphatic carboxylic acids is 1. The van der Waals surface area contributed by atoms with Crippen molar-refractivity contribution in [3.8, 4) is 5.75 Å². The first-order valence-electron chi connectivity index (χ1n) is 9.78. The van der Waals surface area contributed by atoms with Gasteiger partial charge in [0.1, 0.15) is 5.75 Å². The standard InChI is InChI=1S/C21H29NO4/c1-14(15-8-10-19(11-9-15)26-13-20(23)24)22-21(25)18-7-6-16-4-2-3-5-17(16)12-18/h8-11,14,16-18H,2-7,12-13H2,1H3,(H,22,25)(H,23,24). The molecule has 2 fully saturated rings. The molecule has 1 aromatic carbocycles. The Morgan fingerprint density at radius 2 is 1.81 bits per heavy atom. The molecule has 2 aliphatic rings. The minimum absolute atomic E-state index is 0.0693. The van der Waals surface area contributed by atoms with Crippen molar-refractivity contribution in [2.75, 3.05) is 6.61 Å². The van der Waals surface area contributed by atoms with Crippen molar-refractivity contribution in [3.05, 3.63) is 29.8 Å². The number of benzene rings is 1. The predicted molar refractivity (Wildman–Crippen MR) is 98.9 cm³/mol. The molecular weight excluding hydrogens is 330 g/mol. The average molecular weight is 359 g/mol. The van der Waals surface area contributed by atoms with Gasteiger partial charge in [0.25, 0.3) is 0 Å². The second-order valence-electron chi connectivity index (χ2n) is 7.80. The topological polar surface area (TPSA) is 75.6 Å². The van der Waals surface area contributed by atoms with E-state index >= 15 is 0 Å². The SMILES string of the molecule is CC(NC(=O)C1CCC2CCCCC2C1)c1ccc(OCC(=O)O)cc1. The van der Waals surface area contributed by atoms with Crippen LogP contribution in [0.5, 0.6) is 5.75 Å². The molecule has 0 saturated heterocycles. The molecule has 142 valence electrons. The van der Waals surface area contributed by atoms with E-state index in [1.807, 2.05) is 19.1 Å². The maximum Gasteiger partial charge on any atom is 0.341 e. The normalized spacial score (nSPS) is 26.4. The summed E-state index contributed by atoms with van der Waals surface area (Å²) in [5.41, 5.74) is 0.993. The third kappa shape index (κ3) is 4.77. The van der Waals surface area contributed by atoms with Crippen LogP contribution in [0.2, 0.25) is 0 Å². The van der Waals surface area contributed by atoms with E-state index in [1.54, 1.807) is 12.1 Å². The molecule has 0 radical (unpaired) electrons. The summed E-state index contributed by atoms with van der Waals surface area (Å²) >= 11 is 0. The Hall–Kier alpha value is -2.04. The molecule has 5 heteroatoms. The number of rotatable bonds is 6. The van der Waals surface area contributed by atoms with Crippen LogP contribution >= 0.6 is 0 Å². The zero-order valence-electron chi connectivity index (χ0n) is 15.4. The lowest BCUT2D eigenvalue weighted by atomic mass is 9.67. The van der Waals surface area contributed by atoms with Crippen LogP contribution in [0.15, 0.2) is 24.3 Å². The molecule has 0 aliphatic heterocycles. The van der Waals surface area contributed by atoms with Crippen molar-refractivity contribution in [2.45, 2.75) is 57.9 Å². The Kier molecular flexibility index (Phi) is 6.17. The molecule has 0 heterocycles. The first-order valence-corrected chi connectivity index (χ1v) is 9.78. The summed E-state index contributed by atoms with van der Waals surface area (Å²) in [4.78, 5) is 23.2. The van der Waals surface area contributed by atoms with Gasteiger partial charge in [-0.25, -0.2) is 4.79 Å². The van der Waals surface area contributed by atoms with Crippen LogP contribution in [-0.4, -0.2) is 23.6 Å². The zero-order valence-corrected chi connectivity index (χ0v) is 15.4. The van der Waals surface area contributed by atoms with E-state index in [0.29, 0.717) is 5.75 Å². The maximum atomic E-state index is 12.7. The second-order valence-corrected chi connectivity index (χ2v) is 7.80. The van der Waals surface area contributed by atoms with Gasteiger partial charge in [0.15, 0.2) is 6.61 Å². The summed E-state index contributed by atoms with van der Waals surface area (Å²) in [6.45, 7) is 1.63. The molecular formula is C21H29NO4. The van der Waals surface area contributed by atoms with Crippen LogP contribution in [0.3, 0.4) is 0 Å². The van der Waals surface area contributed by atoms with E-state index in [4.69, 9.17) is 9.84 Å². The van der Waals surface area contributed by atoms with Gasteiger partial charge in [-0.05, 0) is 55.7 Å². The minimum Gasteiger partial charge on any atom is -0.482 e. The molecule has 4 unspecified atom stereocenters. The van der Waals surface area contributed by atoms with Crippen molar-refractivity contribution in [2.24, 2.45) is 17.8 Å². The summed E-state index contributed by atoms with van der Waals surface area (Å²) < 4.78 is 5.14. The third-order valence-electron chi connectivity index (χ3n) is 6.01. The van der Waals surface area contributed by atoms with Gasteiger partial charge in [-0.2, -0.15) is 0 Å². The lowest BCUT2D eigenvalue weighted by Crippen LogP contribution is -2.38. The summed E-state index contributed by atoms with van der Waals surface area (Å²) in [6, 6.07) is 7.17. The van der Waals surface area contributed by atoms with E-state index < -0.39 is 5.97 Å². The van der Waals surface area contributed by atoms with E-state index in [2.05, 4.69) is 5.32 Å². The van der Waals surface area contributed by atoms with Gasteiger partial charge in [0.2, 0.25) is 5.91 Å². The van der Waals surface area contributed by atoms with Gasteiger partial charge in [-0.3, -0.25) is 4.79 Å². The number of ether oxygens (including phenoxy) is 1. The minimum atomic E-state index is -0.998. The van der Waals surface area contributed by atoms with Crippen LogP contribution in [0.4, 0.5) is 0 Å². The summed E-state index contributed by atoms with van der Waals surface area (Å²) in [7, 11) is 0. The highest BCUT2D eigenvalue weighted by molar-refractivity contribution is 5.79. The fraction of sp³-hybridized carbons (Fsp3) is 0.619. The first-order chi connectivity index (χ1) is 12.5. The van der Waals surface area contributed by atoms with Crippen LogP contribution in [-0.2, 0) is 9.59 Å². The predicted octanol–water partition coefficient (Wildman–Crippen LogP) is 3.93. The highest BCUT2D eigenvalue weighted by Crippen LogP contribution is 2.42. The number of carbonyl (C=O) groups is 2. The number of hydrogen-bond donors (Lipinski definition) is 2. The van der Waals surface area contributed by atoms with Crippen LogP contribution < -0.4 is 10.1 Å². The summed E-state index contributed by atoms with van der Waals surface area (Å²) in [6.07, 6.45) is 8.59. The van der Waals surface area contributed by atoms with Crippen molar-refractivity contribution in [1.29, 1.82) is 0 Å². The molecule has 2 N–H and O–H groups in total. The lowest BCUT2D eigenvalue weighted by molar-refractivity contribution is -0.139. The highest BCUT2D eigenvalue weighted by Gasteiger charge is 2.35. The van der Waals surface area contributed by atoms with Crippen molar-refractivity contribution in [1.82, 2.24) is 5.32 Å². The molecule has 1 aromatic rings. The van der Waals surface area contributed by atoms with E-state index in [-0.39, 0.29) is 24.5 Å². The molecule has 0 bridgehead atoms. The third-order valence-corrected chi connectivity index (χ3v) is 6.01. The Labute approximate surface area is 155 Å². The Balaban J connectivity index is 1.51. The van der Waals surface area contributed by atoms with E-state index in [9.17, 15) is 9.59 Å². The Morgan fingerprint density at radius 1 is 1.12 bits per heavy atom. The number of nitrogens with one attached hydrogen (secondary N) is 1. The molecule has 1 amide bonds. The smallest absolute Gasteiger partial charge is 0.341 e. The van der Waals surface area contributed by atoms with Crippen molar-refractivity contribution >= 4 is 11.9 Å². The summed E-state index contributed by atoms with van der Waals surface area (Å²) in [5.74, 6) is 1.44. The fourth-order valence-corrected chi connectivity index (χ4v) is 4.52. The van der Waals surface area contributed by atoms with Crippen molar-refractivity contribution in [3.63, 3.8) is 0 Å². The molecule has 3 rings (SSSR count). The van der Waals surface area contributed by atoms with Crippen LogP contribution in [0.25, 0.3) is 0 Å². The molecule has 2 aliphatic carbocycles. The second kappa shape index (κ2) is 8.56. The van der Waals surface area contributed by atoms with Gasteiger partial charge in [-0.1, -0.05) is 37.8 Å². The Bertz CT molecular complexity index is 627. The first kappa shape index (κ1) is 18.7. The molecule has 0 spiro atoms. The van der Waals surface area contributed by atoms with Gasteiger partial charge in [0.05, 0.1) is 6.04 Å². The zero-order chi connectivity index (χ0) is 18.5. The van der Waals surface area contributed by atoms with Crippen molar-refractivity contribution < 1.29 is 19.4 Å². The Morgan fingerprint density at radius 3 is 2.50 bits per heavy atom. The lowest BCUT2D eigenvalue weighted by Gasteiger charge is -2.39. The monoisotopic (exact) mass is 359 g/mol. The molecule has 4 atom stereocenters. The number of hydrogen-bond acceptors (Lipinski definition) is 3. The largest absolute Gasteiger partial charge is 0.482 e. The van der Waals surface area contributed by atoms with E-state index in [0.717, 1.165) is 30.2 Å².